The molecule has 0 bridgehead atoms. The van der Waals surface area contributed by atoms with Crippen molar-refractivity contribution in [1.29, 1.82) is 0 Å². The minimum atomic E-state index is -0.757. The summed E-state index contributed by atoms with van der Waals surface area (Å²) >= 11 is 0. The molecule has 1 amide bonds. The summed E-state index contributed by atoms with van der Waals surface area (Å²) in [6, 6.07) is 14.1. The highest BCUT2D eigenvalue weighted by molar-refractivity contribution is 5.97. The van der Waals surface area contributed by atoms with Crippen LogP contribution in [0.15, 0.2) is 42.5 Å². The highest BCUT2D eigenvalue weighted by atomic mass is 19.1. The first-order valence-corrected chi connectivity index (χ1v) is 12.4. The lowest BCUT2D eigenvalue weighted by Gasteiger charge is -2.32. The summed E-state index contributed by atoms with van der Waals surface area (Å²) in [7, 11) is 0. The van der Waals surface area contributed by atoms with E-state index in [1.54, 1.807) is 4.90 Å². The molecule has 3 heterocycles. The summed E-state index contributed by atoms with van der Waals surface area (Å²) in [6.45, 7) is 5.42. The van der Waals surface area contributed by atoms with E-state index in [2.05, 4.69) is 34.1 Å². The molecule has 0 saturated carbocycles. The van der Waals surface area contributed by atoms with Crippen molar-refractivity contribution < 1.29 is 19.0 Å². The van der Waals surface area contributed by atoms with Crippen molar-refractivity contribution in [1.82, 2.24) is 14.7 Å². The molecule has 3 aliphatic heterocycles. The molecule has 7 heteroatoms. The number of ether oxygens (including phenoxy) is 1. The Bertz CT molecular complexity index is 1020. The van der Waals surface area contributed by atoms with Crippen molar-refractivity contribution in [2.45, 2.75) is 44.6 Å². The molecule has 0 spiro atoms. The molecule has 2 atom stereocenters. The Hall–Kier alpha value is -2.48. The van der Waals surface area contributed by atoms with Crippen molar-refractivity contribution in [2.75, 3.05) is 45.9 Å². The van der Waals surface area contributed by atoms with Crippen LogP contribution in [0.4, 0.5) is 4.39 Å². The molecular formula is C27H34FN3O3. The lowest BCUT2D eigenvalue weighted by atomic mass is 10.00. The van der Waals surface area contributed by atoms with Crippen LogP contribution in [0.25, 0.3) is 0 Å². The number of hydrogen-bond acceptors (Lipinski definition) is 5. The summed E-state index contributed by atoms with van der Waals surface area (Å²) < 4.78 is 19.7. The van der Waals surface area contributed by atoms with Gasteiger partial charge < -0.3 is 14.7 Å². The Morgan fingerprint density at radius 1 is 1.06 bits per heavy atom. The maximum atomic E-state index is 13.7. The number of alkyl halides is 1. The number of fused-ring (bicyclic) bond motifs is 2. The fourth-order valence-corrected chi connectivity index (χ4v) is 5.39. The number of aliphatic hydroxyl groups is 1. The zero-order valence-corrected chi connectivity index (χ0v) is 19.7. The average Bonchev–Trinajstić information content (AvgIpc) is 2.97. The van der Waals surface area contributed by atoms with Gasteiger partial charge in [0.05, 0.1) is 18.2 Å². The minimum absolute atomic E-state index is 0.108. The Morgan fingerprint density at radius 2 is 1.91 bits per heavy atom. The molecule has 5 rings (SSSR count). The van der Waals surface area contributed by atoms with Crippen LogP contribution < -0.4 is 4.74 Å². The number of carbonyl (C=O) groups is 1. The van der Waals surface area contributed by atoms with E-state index in [0.717, 1.165) is 38.0 Å². The fraction of sp³-hybridized carbons (Fsp3) is 0.519. The van der Waals surface area contributed by atoms with Gasteiger partial charge >= 0.3 is 0 Å². The molecular weight excluding hydrogens is 433 g/mol. The van der Waals surface area contributed by atoms with Crippen molar-refractivity contribution >= 4 is 5.91 Å². The van der Waals surface area contributed by atoms with Crippen molar-refractivity contribution in [3.05, 3.63) is 64.7 Å². The minimum Gasteiger partial charge on any atom is -0.491 e. The highest BCUT2D eigenvalue weighted by Gasteiger charge is 2.27. The van der Waals surface area contributed by atoms with Gasteiger partial charge in [-0.2, -0.15) is 0 Å². The standard InChI is InChI=1S/C27H34FN3O3/c28-23-6-3-10-29(17-23)15-20-7-8-25-26(14-20)34-13-12-31(27(25)33)19-24(32)18-30-11-9-21-4-1-2-5-22(21)16-30/h1-2,4-5,7-8,14,23-24,32H,3,6,9-13,15-19H2. The lowest BCUT2D eigenvalue weighted by molar-refractivity contribution is 0.0501. The van der Waals surface area contributed by atoms with Crippen LogP contribution in [0, 0.1) is 0 Å². The van der Waals surface area contributed by atoms with Crippen LogP contribution in [-0.4, -0.2) is 83.9 Å². The smallest absolute Gasteiger partial charge is 0.257 e. The number of amides is 1. The van der Waals surface area contributed by atoms with Gasteiger partial charge in [0.25, 0.3) is 5.91 Å². The third-order valence-corrected chi connectivity index (χ3v) is 7.15. The molecule has 0 aromatic heterocycles. The number of halogens is 1. The van der Waals surface area contributed by atoms with E-state index in [1.165, 1.54) is 11.1 Å². The number of likely N-dealkylation sites (tertiary alicyclic amines) is 1. The van der Waals surface area contributed by atoms with Crippen LogP contribution in [0.5, 0.6) is 5.75 Å². The van der Waals surface area contributed by atoms with Crippen molar-refractivity contribution in [2.24, 2.45) is 0 Å². The monoisotopic (exact) mass is 467 g/mol. The zero-order valence-electron chi connectivity index (χ0n) is 19.7. The van der Waals surface area contributed by atoms with Gasteiger partial charge in [-0.25, -0.2) is 4.39 Å². The number of rotatable bonds is 6. The molecule has 2 aromatic rings. The van der Waals surface area contributed by atoms with Crippen LogP contribution in [0.2, 0.25) is 0 Å². The highest BCUT2D eigenvalue weighted by Crippen LogP contribution is 2.27. The number of carbonyl (C=O) groups excluding carboxylic acids is 1. The molecule has 0 radical (unpaired) electrons. The topological polar surface area (TPSA) is 56.3 Å². The molecule has 1 saturated heterocycles. The van der Waals surface area contributed by atoms with E-state index in [1.807, 2.05) is 18.2 Å². The molecule has 1 N–H and O–H groups in total. The zero-order chi connectivity index (χ0) is 23.5. The number of hydrogen-bond donors (Lipinski definition) is 1. The number of β-amino-alcohol motifs (C(OH)–C–C–N with tert-alkyl or cyclic N) is 1. The van der Waals surface area contributed by atoms with Gasteiger partial charge in [-0.05, 0) is 54.6 Å². The SMILES string of the molecule is O=C1c2ccc(CN3CCCC(F)C3)cc2OCCN1CC(O)CN1CCc2ccccc2C1. The summed E-state index contributed by atoms with van der Waals surface area (Å²) in [5.74, 6) is 0.477. The third-order valence-electron chi connectivity index (χ3n) is 7.15. The number of piperidine rings is 1. The predicted octanol–water partition coefficient (Wildman–Crippen LogP) is 2.87. The van der Waals surface area contributed by atoms with E-state index in [9.17, 15) is 14.3 Å². The summed E-state index contributed by atoms with van der Waals surface area (Å²) in [5.41, 5.74) is 4.26. The first-order valence-electron chi connectivity index (χ1n) is 12.4. The molecule has 34 heavy (non-hydrogen) atoms. The van der Waals surface area contributed by atoms with Crippen molar-refractivity contribution in [3.8, 4) is 5.75 Å². The Balaban J connectivity index is 1.19. The van der Waals surface area contributed by atoms with Gasteiger partial charge in [0.15, 0.2) is 0 Å². The molecule has 6 nitrogen and oxygen atoms in total. The fourth-order valence-electron chi connectivity index (χ4n) is 5.39. The second kappa shape index (κ2) is 10.4. The maximum Gasteiger partial charge on any atom is 0.257 e. The Kier molecular flexibility index (Phi) is 7.13. The maximum absolute atomic E-state index is 13.7. The van der Waals surface area contributed by atoms with Gasteiger partial charge in [0.1, 0.15) is 18.5 Å². The summed E-state index contributed by atoms with van der Waals surface area (Å²) in [4.78, 5) is 19.3. The van der Waals surface area contributed by atoms with Crippen LogP contribution in [0.3, 0.4) is 0 Å². The van der Waals surface area contributed by atoms with Gasteiger partial charge in [-0.15, -0.1) is 0 Å². The van der Waals surface area contributed by atoms with Crippen LogP contribution >= 0.6 is 0 Å². The van der Waals surface area contributed by atoms with Gasteiger partial charge in [-0.1, -0.05) is 30.3 Å². The van der Waals surface area contributed by atoms with Gasteiger partial charge in [-0.3, -0.25) is 14.6 Å². The third kappa shape index (κ3) is 5.43. The van der Waals surface area contributed by atoms with Gasteiger partial charge in [0.2, 0.25) is 0 Å². The Morgan fingerprint density at radius 3 is 2.76 bits per heavy atom. The first-order chi connectivity index (χ1) is 16.5. The quantitative estimate of drug-likeness (QED) is 0.708. The molecule has 182 valence electrons. The molecule has 3 aliphatic rings. The first kappa shape index (κ1) is 23.3. The van der Waals surface area contributed by atoms with E-state index < -0.39 is 12.3 Å². The normalized spacial score (nSPS) is 22.5. The Labute approximate surface area is 200 Å². The lowest BCUT2D eigenvalue weighted by Crippen LogP contribution is -2.44. The molecule has 1 fully saturated rings. The largest absolute Gasteiger partial charge is 0.491 e. The summed E-state index contributed by atoms with van der Waals surface area (Å²) in [6.07, 6.45) is 1.13. The van der Waals surface area contributed by atoms with E-state index in [0.29, 0.717) is 50.5 Å². The van der Waals surface area contributed by atoms with Crippen molar-refractivity contribution in [3.63, 3.8) is 0 Å². The predicted molar refractivity (Wildman–Crippen MR) is 129 cm³/mol. The van der Waals surface area contributed by atoms with E-state index in [4.69, 9.17) is 4.74 Å². The van der Waals surface area contributed by atoms with E-state index in [-0.39, 0.29) is 12.5 Å². The molecule has 2 aromatic carbocycles. The van der Waals surface area contributed by atoms with E-state index >= 15 is 0 Å². The number of nitrogens with zero attached hydrogens (tertiary/aromatic N) is 3. The second-order valence-electron chi connectivity index (χ2n) is 9.81. The number of benzene rings is 2. The molecule has 0 aliphatic carbocycles. The average molecular weight is 468 g/mol. The van der Waals surface area contributed by atoms with Crippen LogP contribution in [-0.2, 0) is 19.5 Å². The summed E-state index contributed by atoms with van der Waals surface area (Å²) in [5, 5.41) is 10.8. The van der Waals surface area contributed by atoms with Crippen LogP contribution in [0.1, 0.15) is 39.9 Å². The molecule has 2 unspecified atom stereocenters. The van der Waals surface area contributed by atoms with Gasteiger partial charge in [0, 0.05) is 39.3 Å². The number of aliphatic hydroxyl groups excluding tert-OH is 1. The second-order valence-corrected chi connectivity index (χ2v) is 9.81.